The van der Waals surface area contributed by atoms with E-state index in [1.54, 1.807) is 6.92 Å². The Balaban J connectivity index is 2.17. The monoisotopic (exact) mass is 284 g/mol. The average molecular weight is 284 g/mol. The molecule has 4 atom stereocenters. The van der Waals surface area contributed by atoms with Gasteiger partial charge in [0.05, 0.1) is 6.10 Å². The first-order valence-electron chi connectivity index (χ1n) is 7.21. The SMILES string of the molecule is CC[C@@H](NC(=O)C1(N)C2CCCOC2C1(C)C)C(=O)O. The molecule has 2 rings (SSSR count). The van der Waals surface area contributed by atoms with Crippen molar-refractivity contribution < 1.29 is 19.4 Å². The van der Waals surface area contributed by atoms with Gasteiger partial charge in [-0.1, -0.05) is 20.8 Å². The predicted octanol–water partition coefficient (Wildman–Crippen LogP) is 0.498. The molecule has 114 valence electrons. The van der Waals surface area contributed by atoms with Gasteiger partial charge >= 0.3 is 5.97 Å². The van der Waals surface area contributed by atoms with Gasteiger partial charge in [0.25, 0.3) is 0 Å². The van der Waals surface area contributed by atoms with Crippen LogP contribution in [0.1, 0.15) is 40.0 Å². The number of hydrogen-bond acceptors (Lipinski definition) is 4. The van der Waals surface area contributed by atoms with Crippen molar-refractivity contribution in [3.05, 3.63) is 0 Å². The van der Waals surface area contributed by atoms with Crippen molar-refractivity contribution in [2.45, 2.75) is 57.7 Å². The number of amides is 1. The lowest BCUT2D eigenvalue weighted by atomic mass is 9.46. The second-order valence-electron chi connectivity index (χ2n) is 6.40. The molecule has 6 heteroatoms. The zero-order valence-electron chi connectivity index (χ0n) is 12.3. The third kappa shape index (κ3) is 1.93. The number of carboxylic acids is 1. The summed E-state index contributed by atoms with van der Waals surface area (Å²) in [5, 5.41) is 11.6. The third-order valence-corrected chi connectivity index (χ3v) is 5.07. The van der Waals surface area contributed by atoms with Crippen LogP contribution in [-0.2, 0) is 14.3 Å². The van der Waals surface area contributed by atoms with Gasteiger partial charge in [-0.05, 0) is 19.3 Å². The van der Waals surface area contributed by atoms with E-state index in [4.69, 9.17) is 15.6 Å². The van der Waals surface area contributed by atoms with Gasteiger partial charge in [0, 0.05) is 17.9 Å². The van der Waals surface area contributed by atoms with E-state index in [0.29, 0.717) is 13.0 Å². The predicted molar refractivity (Wildman–Crippen MR) is 73.0 cm³/mol. The van der Waals surface area contributed by atoms with Crippen LogP contribution < -0.4 is 11.1 Å². The van der Waals surface area contributed by atoms with Gasteiger partial charge in [-0.25, -0.2) is 4.79 Å². The summed E-state index contributed by atoms with van der Waals surface area (Å²) >= 11 is 0. The van der Waals surface area contributed by atoms with Crippen molar-refractivity contribution in [2.75, 3.05) is 6.61 Å². The molecule has 2 aliphatic rings. The number of hydrogen-bond donors (Lipinski definition) is 3. The average Bonchev–Trinajstić information content (AvgIpc) is 2.43. The number of carbonyl (C=O) groups excluding carboxylic acids is 1. The summed E-state index contributed by atoms with van der Waals surface area (Å²) in [4.78, 5) is 23.6. The summed E-state index contributed by atoms with van der Waals surface area (Å²) in [5.41, 5.74) is 4.86. The maximum Gasteiger partial charge on any atom is 0.326 e. The number of aliphatic carboxylic acids is 1. The summed E-state index contributed by atoms with van der Waals surface area (Å²) in [6.07, 6.45) is 2.06. The van der Waals surface area contributed by atoms with E-state index in [1.165, 1.54) is 0 Å². The van der Waals surface area contributed by atoms with E-state index < -0.39 is 23.0 Å². The number of ether oxygens (including phenoxy) is 1. The van der Waals surface area contributed by atoms with Crippen LogP contribution in [0.2, 0.25) is 0 Å². The van der Waals surface area contributed by atoms with E-state index in [2.05, 4.69) is 5.32 Å². The van der Waals surface area contributed by atoms with Gasteiger partial charge < -0.3 is 20.9 Å². The van der Waals surface area contributed by atoms with E-state index in [9.17, 15) is 9.59 Å². The smallest absolute Gasteiger partial charge is 0.326 e. The molecule has 1 saturated carbocycles. The lowest BCUT2D eigenvalue weighted by Gasteiger charge is -2.65. The number of carboxylic acid groups (broad SMARTS) is 1. The van der Waals surface area contributed by atoms with Gasteiger partial charge in [-0.2, -0.15) is 0 Å². The summed E-state index contributed by atoms with van der Waals surface area (Å²) in [7, 11) is 0. The van der Waals surface area contributed by atoms with Gasteiger partial charge in [0.15, 0.2) is 0 Å². The summed E-state index contributed by atoms with van der Waals surface area (Å²) < 4.78 is 5.74. The maximum atomic E-state index is 12.5. The first-order chi connectivity index (χ1) is 9.26. The molecular weight excluding hydrogens is 260 g/mol. The van der Waals surface area contributed by atoms with Crippen LogP contribution in [0.3, 0.4) is 0 Å². The van der Waals surface area contributed by atoms with Crippen LogP contribution in [0.4, 0.5) is 0 Å². The molecule has 1 aliphatic carbocycles. The number of carbonyl (C=O) groups is 2. The molecule has 20 heavy (non-hydrogen) atoms. The molecule has 0 bridgehead atoms. The van der Waals surface area contributed by atoms with Crippen LogP contribution in [0.5, 0.6) is 0 Å². The third-order valence-electron chi connectivity index (χ3n) is 5.07. The van der Waals surface area contributed by atoms with Crippen LogP contribution >= 0.6 is 0 Å². The number of nitrogens with two attached hydrogens (primary N) is 1. The molecule has 1 heterocycles. The zero-order chi connectivity index (χ0) is 15.1. The summed E-state index contributed by atoms with van der Waals surface area (Å²) in [5.74, 6) is -1.43. The van der Waals surface area contributed by atoms with Crippen LogP contribution in [-0.4, -0.2) is 41.3 Å². The van der Waals surface area contributed by atoms with E-state index in [1.807, 2.05) is 13.8 Å². The molecule has 4 N–H and O–H groups in total. The lowest BCUT2D eigenvalue weighted by molar-refractivity contribution is -0.225. The Labute approximate surface area is 119 Å². The Morgan fingerprint density at radius 3 is 2.70 bits per heavy atom. The van der Waals surface area contributed by atoms with Crippen LogP contribution in [0, 0.1) is 11.3 Å². The van der Waals surface area contributed by atoms with Gasteiger partial charge in [-0.15, -0.1) is 0 Å². The highest BCUT2D eigenvalue weighted by Crippen LogP contribution is 2.57. The first-order valence-corrected chi connectivity index (χ1v) is 7.21. The highest BCUT2D eigenvalue weighted by molar-refractivity contribution is 5.92. The minimum Gasteiger partial charge on any atom is -0.480 e. The Kier molecular flexibility index (Phi) is 3.81. The second kappa shape index (κ2) is 5.00. The maximum absolute atomic E-state index is 12.5. The van der Waals surface area contributed by atoms with Crippen molar-refractivity contribution >= 4 is 11.9 Å². The van der Waals surface area contributed by atoms with E-state index in [0.717, 1.165) is 12.8 Å². The summed E-state index contributed by atoms with van der Waals surface area (Å²) in [6.45, 7) is 6.26. The topological polar surface area (TPSA) is 102 Å². The van der Waals surface area contributed by atoms with Crippen molar-refractivity contribution in [2.24, 2.45) is 17.1 Å². The van der Waals surface area contributed by atoms with E-state index >= 15 is 0 Å². The minimum absolute atomic E-state index is 0.0168. The highest BCUT2D eigenvalue weighted by Gasteiger charge is 2.70. The first kappa shape index (κ1) is 15.3. The largest absolute Gasteiger partial charge is 0.480 e. The minimum atomic E-state index is -1.05. The lowest BCUT2D eigenvalue weighted by Crippen LogP contribution is -2.82. The Hall–Kier alpha value is -1.14. The van der Waals surface area contributed by atoms with Crippen molar-refractivity contribution in [1.82, 2.24) is 5.32 Å². The highest BCUT2D eigenvalue weighted by atomic mass is 16.5. The van der Waals surface area contributed by atoms with Crippen LogP contribution in [0.15, 0.2) is 0 Å². The number of fused-ring (bicyclic) bond motifs is 1. The molecule has 1 aliphatic heterocycles. The molecule has 0 radical (unpaired) electrons. The number of rotatable bonds is 4. The van der Waals surface area contributed by atoms with Gasteiger partial charge in [0.2, 0.25) is 5.91 Å². The molecular formula is C14H24N2O4. The molecule has 1 amide bonds. The molecule has 3 unspecified atom stereocenters. The Morgan fingerprint density at radius 1 is 1.50 bits per heavy atom. The molecule has 0 aromatic carbocycles. The Bertz CT molecular complexity index is 423. The molecule has 0 aromatic rings. The fourth-order valence-corrected chi connectivity index (χ4v) is 3.65. The second-order valence-corrected chi connectivity index (χ2v) is 6.40. The van der Waals surface area contributed by atoms with Gasteiger partial charge in [-0.3, -0.25) is 4.79 Å². The standard InChI is InChI=1S/C14H24N2O4/c1-4-9(11(17)18)16-12(19)14(15)8-6-5-7-20-10(8)13(14,2)3/h8-10H,4-7,15H2,1-3H3,(H,16,19)(H,17,18)/t8?,9-,10?,14?/m1/s1. The quantitative estimate of drug-likeness (QED) is 0.697. The zero-order valence-corrected chi connectivity index (χ0v) is 12.3. The molecule has 6 nitrogen and oxygen atoms in total. The normalized spacial score (nSPS) is 36.4. The molecule has 0 spiro atoms. The Morgan fingerprint density at radius 2 is 2.15 bits per heavy atom. The summed E-state index contributed by atoms with van der Waals surface area (Å²) in [6, 6.07) is -0.887. The van der Waals surface area contributed by atoms with Crippen molar-refractivity contribution in [1.29, 1.82) is 0 Å². The van der Waals surface area contributed by atoms with Crippen molar-refractivity contribution in [3.8, 4) is 0 Å². The molecule has 1 saturated heterocycles. The van der Waals surface area contributed by atoms with E-state index in [-0.39, 0.29) is 17.9 Å². The van der Waals surface area contributed by atoms with Crippen LogP contribution in [0.25, 0.3) is 0 Å². The molecule has 0 aromatic heterocycles. The fraction of sp³-hybridized carbons (Fsp3) is 0.857. The van der Waals surface area contributed by atoms with Crippen molar-refractivity contribution in [3.63, 3.8) is 0 Å². The fourth-order valence-electron chi connectivity index (χ4n) is 3.65. The molecule has 2 fully saturated rings. The van der Waals surface area contributed by atoms with Gasteiger partial charge in [0.1, 0.15) is 11.6 Å². The number of nitrogens with one attached hydrogen (secondary N) is 1.